The molecule has 21 heavy (non-hydrogen) atoms. The molecule has 2 unspecified atom stereocenters. The summed E-state index contributed by atoms with van der Waals surface area (Å²) in [5.41, 5.74) is 7.41. The fourth-order valence-electron chi connectivity index (χ4n) is 3.46. The highest BCUT2D eigenvalue weighted by molar-refractivity contribution is 5.88. The number of nitrogens with one attached hydrogen (secondary N) is 1. The van der Waals surface area contributed by atoms with Gasteiger partial charge in [0, 0.05) is 5.69 Å². The number of amides is 1. The quantitative estimate of drug-likeness (QED) is 0.804. The van der Waals surface area contributed by atoms with Crippen LogP contribution in [-0.4, -0.2) is 11.4 Å². The Bertz CT molecular complexity index is 469. The number of benzene rings is 1. The third-order valence-electron chi connectivity index (χ3n) is 4.80. The predicted octanol–water partition coefficient (Wildman–Crippen LogP) is 4.01. The molecule has 0 spiro atoms. The first-order valence-corrected chi connectivity index (χ1v) is 8.20. The summed E-state index contributed by atoms with van der Waals surface area (Å²) in [4.78, 5) is 12.1. The number of rotatable bonds is 5. The van der Waals surface area contributed by atoms with Gasteiger partial charge in [-0.25, -0.2) is 0 Å². The van der Waals surface area contributed by atoms with Crippen molar-refractivity contribution in [3.8, 4) is 0 Å². The second kappa shape index (κ2) is 6.97. The van der Waals surface area contributed by atoms with E-state index in [2.05, 4.69) is 31.3 Å². The van der Waals surface area contributed by atoms with E-state index in [1.807, 2.05) is 12.1 Å². The average Bonchev–Trinajstić information content (AvgIpc) is 2.66. The number of nitrogens with two attached hydrogens (primary N) is 1. The monoisotopic (exact) mass is 288 g/mol. The molecule has 0 radical (unpaired) electrons. The van der Waals surface area contributed by atoms with Crippen LogP contribution in [0, 0.1) is 12.8 Å². The Kier molecular flexibility index (Phi) is 5.27. The van der Waals surface area contributed by atoms with Crippen molar-refractivity contribution >= 4 is 11.6 Å². The van der Waals surface area contributed by atoms with Gasteiger partial charge in [0.1, 0.15) is 5.54 Å². The molecule has 0 aliphatic heterocycles. The van der Waals surface area contributed by atoms with E-state index in [1.54, 1.807) is 0 Å². The largest absolute Gasteiger partial charge is 0.371 e. The third kappa shape index (κ3) is 3.99. The fraction of sp³-hybridized carbons (Fsp3) is 0.611. The molecule has 1 aromatic carbocycles. The number of carbonyl (C=O) groups is 1. The van der Waals surface area contributed by atoms with Crippen molar-refractivity contribution < 1.29 is 4.79 Å². The minimum atomic E-state index is -0.572. The number of hydrogen-bond donors (Lipinski definition) is 2. The molecule has 0 bridgehead atoms. The predicted molar refractivity (Wildman–Crippen MR) is 88.2 cm³/mol. The van der Waals surface area contributed by atoms with E-state index in [-0.39, 0.29) is 5.91 Å². The maximum absolute atomic E-state index is 12.1. The van der Waals surface area contributed by atoms with Gasteiger partial charge in [0.2, 0.25) is 5.91 Å². The van der Waals surface area contributed by atoms with Crippen LogP contribution in [0.3, 0.4) is 0 Å². The summed E-state index contributed by atoms with van der Waals surface area (Å²) >= 11 is 0. The minimum Gasteiger partial charge on any atom is -0.371 e. The van der Waals surface area contributed by atoms with Crippen molar-refractivity contribution in [1.29, 1.82) is 0 Å². The summed E-state index contributed by atoms with van der Waals surface area (Å²) in [5, 5.41) is 3.45. The zero-order valence-corrected chi connectivity index (χ0v) is 13.3. The van der Waals surface area contributed by atoms with Gasteiger partial charge in [-0.2, -0.15) is 0 Å². The Labute approximate surface area is 128 Å². The van der Waals surface area contributed by atoms with Crippen LogP contribution in [0.4, 0.5) is 5.69 Å². The number of carbonyl (C=O) groups excluding carboxylic acids is 1. The summed E-state index contributed by atoms with van der Waals surface area (Å²) in [6.07, 6.45) is 7.57. The van der Waals surface area contributed by atoms with E-state index in [9.17, 15) is 4.79 Å². The first-order chi connectivity index (χ1) is 10.1. The van der Waals surface area contributed by atoms with Gasteiger partial charge >= 0.3 is 0 Å². The maximum Gasteiger partial charge on any atom is 0.243 e. The van der Waals surface area contributed by atoms with Crippen LogP contribution in [0.5, 0.6) is 0 Å². The van der Waals surface area contributed by atoms with Crippen molar-refractivity contribution in [3.63, 3.8) is 0 Å². The summed E-state index contributed by atoms with van der Waals surface area (Å²) in [7, 11) is 0. The van der Waals surface area contributed by atoms with Gasteiger partial charge in [-0.15, -0.1) is 0 Å². The van der Waals surface area contributed by atoms with Gasteiger partial charge in [0.15, 0.2) is 0 Å². The standard InChI is InChI=1S/C18H28N2O/c1-3-5-15-6-4-12-18(13-11-15,17(19)21)20-16-9-7-14(2)8-10-16/h7-10,15,20H,3-6,11-13H2,1-2H3,(H2,19,21). The topological polar surface area (TPSA) is 55.1 Å². The summed E-state index contributed by atoms with van der Waals surface area (Å²) in [6, 6.07) is 8.20. The molecule has 1 aliphatic carbocycles. The lowest BCUT2D eigenvalue weighted by Crippen LogP contribution is -2.50. The highest BCUT2D eigenvalue weighted by Crippen LogP contribution is 2.35. The van der Waals surface area contributed by atoms with E-state index >= 15 is 0 Å². The molecule has 116 valence electrons. The number of anilines is 1. The van der Waals surface area contributed by atoms with Crippen LogP contribution < -0.4 is 11.1 Å². The van der Waals surface area contributed by atoms with Gasteiger partial charge in [-0.3, -0.25) is 4.79 Å². The molecule has 2 atom stereocenters. The number of hydrogen-bond acceptors (Lipinski definition) is 2. The van der Waals surface area contributed by atoms with Crippen LogP contribution in [0.25, 0.3) is 0 Å². The lowest BCUT2D eigenvalue weighted by Gasteiger charge is -2.32. The molecule has 1 fully saturated rings. The first kappa shape index (κ1) is 15.9. The van der Waals surface area contributed by atoms with Gasteiger partial charge in [-0.1, -0.05) is 50.3 Å². The number of aryl methyl sites for hydroxylation is 1. The van der Waals surface area contributed by atoms with E-state index in [0.717, 1.165) is 37.3 Å². The Hall–Kier alpha value is -1.51. The smallest absolute Gasteiger partial charge is 0.243 e. The van der Waals surface area contributed by atoms with Crippen molar-refractivity contribution in [3.05, 3.63) is 29.8 Å². The first-order valence-electron chi connectivity index (χ1n) is 8.20. The van der Waals surface area contributed by atoms with E-state index in [4.69, 9.17) is 5.73 Å². The normalized spacial score (nSPS) is 26.1. The summed E-state index contributed by atoms with van der Waals surface area (Å²) in [6.45, 7) is 4.30. The second-order valence-corrected chi connectivity index (χ2v) is 6.52. The zero-order valence-electron chi connectivity index (χ0n) is 13.3. The van der Waals surface area contributed by atoms with Gasteiger partial charge < -0.3 is 11.1 Å². The van der Waals surface area contributed by atoms with Crippen molar-refractivity contribution in [2.45, 2.75) is 64.3 Å². The molecule has 3 heteroatoms. The Morgan fingerprint density at radius 3 is 2.62 bits per heavy atom. The highest BCUT2D eigenvalue weighted by atomic mass is 16.1. The molecule has 0 saturated heterocycles. The lowest BCUT2D eigenvalue weighted by molar-refractivity contribution is -0.122. The SMILES string of the molecule is CCCC1CCCC(Nc2ccc(C)cc2)(C(N)=O)CC1. The van der Waals surface area contributed by atoms with Gasteiger partial charge in [-0.05, 0) is 44.2 Å². The third-order valence-corrected chi connectivity index (χ3v) is 4.80. The highest BCUT2D eigenvalue weighted by Gasteiger charge is 2.38. The molecule has 1 aromatic rings. The molecule has 0 heterocycles. The van der Waals surface area contributed by atoms with Crippen LogP contribution in [0.1, 0.15) is 57.4 Å². The molecule has 1 saturated carbocycles. The summed E-state index contributed by atoms with van der Waals surface area (Å²) < 4.78 is 0. The fourth-order valence-corrected chi connectivity index (χ4v) is 3.46. The van der Waals surface area contributed by atoms with E-state index in [1.165, 1.54) is 24.8 Å². The molecular formula is C18H28N2O. The summed E-state index contributed by atoms with van der Waals surface area (Å²) in [5.74, 6) is 0.538. The molecule has 3 nitrogen and oxygen atoms in total. The maximum atomic E-state index is 12.1. The molecule has 0 aromatic heterocycles. The van der Waals surface area contributed by atoms with Crippen LogP contribution in [0.15, 0.2) is 24.3 Å². The lowest BCUT2D eigenvalue weighted by atomic mass is 9.88. The van der Waals surface area contributed by atoms with Crippen molar-refractivity contribution in [2.24, 2.45) is 11.7 Å². The number of primary amides is 1. The van der Waals surface area contributed by atoms with E-state index in [0.29, 0.717) is 0 Å². The zero-order chi connectivity index (χ0) is 15.3. The Morgan fingerprint density at radius 2 is 2.00 bits per heavy atom. The molecule has 3 N–H and O–H groups in total. The molecular weight excluding hydrogens is 260 g/mol. The minimum absolute atomic E-state index is 0.208. The Morgan fingerprint density at radius 1 is 1.29 bits per heavy atom. The molecule has 2 rings (SSSR count). The second-order valence-electron chi connectivity index (χ2n) is 6.52. The Balaban J connectivity index is 2.13. The van der Waals surface area contributed by atoms with Crippen molar-refractivity contribution in [1.82, 2.24) is 0 Å². The van der Waals surface area contributed by atoms with Crippen LogP contribution >= 0.6 is 0 Å². The molecule has 1 aliphatic rings. The van der Waals surface area contributed by atoms with Crippen LogP contribution in [0.2, 0.25) is 0 Å². The van der Waals surface area contributed by atoms with E-state index < -0.39 is 5.54 Å². The van der Waals surface area contributed by atoms with Crippen LogP contribution in [-0.2, 0) is 4.79 Å². The van der Waals surface area contributed by atoms with Gasteiger partial charge in [0.25, 0.3) is 0 Å². The molecule has 1 amide bonds. The van der Waals surface area contributed by atoms with Crippen molar-refractivity contribution in [2.75, 3.05) is 5.32 Å². The van der Waals surface area contributed by atoms with Gasteiger partial charge in [0.05, 0.1) is 0 Å². The average molecular weight is 288 g/mol.